The quantitative estimate of drug-likeness (QED) is 0.702. The van der Waals surface area contributed by atoms with Gasteiger partial charge in [0.2, 0.25) is 5.89 Å². The second kappa shape index (κ2) is 6.58. The van der Waals surface area contributed by atoms with E-state index in [1.165, 1.54) is 0 Å². The fraction of sp³-hybridized carbons (Fsp3) is 0.438. The van der Waals surface area contributed by atoms with Crippen LogP contribution < -0.4 is 0 Å². The lowest BCUT2D eigenvalue weighted by Crippen LogP contribution is -2.45. The lowest BCUT2D eigenvalue weighted by Gasteiger charge is -2.33. The van der Waals surface area contributed by atoms with Crippen LogP contribution in [-0.2, 0) is 13.1 Å². The molecule has 0 bridgehead atoms. The molecule has 0 radical (unpaired) electrons. The molecule has 8 heteroatoms. The van der Waals surface area contributed by atoms with Crippen molar-refractivity contribution in [2.24, 2.45) is 0 Å². The van der Waals surface area contributed by atoms with Gasteiger partial charge in [-0.1, -0.05) is 5.16 Å². The minimum absolute atomic E-state index is 0.426. The van der Waals surface area contributed by atoms with Crippen molar-refractivity contribution >= 4 is 0 Å². The minimum atomic E-state index is 0.426. The van der Waals surface area contributed by atoms with Gasteiger partial charge in [0.05, 0.1) is 18.5 Å². The van der Waals surface area contributed by atoms with Gasteiger partial charge in [-0.25, -0.2) is 0 Å². The largest absolute Gasteiger partial charge is 0.459 e. The molecule has 1 aliphatic rings. The van der Waals surface area contributed by atoms with Gasteiger partial charge < -0.3 is 13.4 Å². The molecule has 0 aromatic carbocycles. The maximum atomic E-state index is 5.66. The molecule has 1 saturated heterocycles. The van der Waals surface area contributed by atoms with Crippen LogP contribution in [-0.4, -0.2) is 51.3 Å². The van der Waals surface area contributed by atoms with E-state index >= 15 is 0 Å². The number of aryl methyl sites for hydroxylation is 1. The molecule has 24 heavy (non-hydrogen) atoms. The third-order valence-corrected chi connectivity index (χ3v) is 4.08. The highest BCUT2D eigenvalue weighted by atomic mass is 16.5. The molecule has 0 N–H and O–H groups in total. The van der Waals surface area contributed by atoms with Crippen molar-refractivity contribution in [1.82, 2.24) is 25.2 Å². The highest BCUT2D eigenvalue weighted by Crippen LogP contribution is 2.19. The van der Waals surface area contributed by atoms with Gasteiger partial charge in [-0.2, -0.15) is 0 Å². The Morgan fingerprint density at radius 3 is 2.54 bits per heavy atom. The van der Waals surface area contributed by atoms with Crippen LogP contribution in [0.1, 0.15) is 17.3 Å². The lowest BCUT2D eigenvalue weighted by molar-refractivity contribution is 0.113. The normalized spacial score (nSPS) is 16.7. The third-order valence-electron chi connectivity index (χ3n) is 4.08. The second-order valence-electron chi connectivity index (χ2n) is 5.96. The molecule has 1 fully saturated rings. The molecule has 3 aromatic heterocycles. The lowest BCUT2D eigenvalue weighted by atomic mass is 10.3. The van der Waals surface area contributed by atoms with E-state index < -0.39 is 0 Å². The Morgan fingerprint density at radius 1 is 1.08 bits per heavy atom. The van der Waals surface area contributed by atoms with E-state index in [2.05, 4.69) is 25.2 Å². The van der Waals surface area contributed by atoms with Crippen LogP contribution in [0.5, 0.6) is 0 Å². The van der Waals surface area contributed by atoms with Crippen LogP contribution in [0.3, 0.4) is 0 Å². The number of hydrogen-bond acceptors (Lipinski definition) is 8. The average Bonchev–Trinajstić information content (AvgIpc) is 3.31. The summed E-state index contributed by atoms with van der Waals surface area (Å²) in [6, 6.07) is 5.59. The zero-order valence-electron chi connectivity index (χ0n) is 13.5. The van der Waals surface area contributed by atoms with Crippen molar-refractivity contribution < 1.29 is 13.4 Å². The number of nitrogens with zero attached hydrogens (tertiary/aromatic N) is 5. The SMILES string of the molecule is Cc1cc(CN2CCN(Cc3nnc(-c4ccco4)o3)CC2)no1. The van der Waals surface area contributed by atoms with E-state index in [1.54, 1.807) is 12.3 Å². The molecular weight excluding hydrogens is 310 g/mol. The number of aromatic nitrogens is 3. The standard InChI is InChI=1S/C16H19N5O3/c1-12-9-13(19-24-12)10-20-4-6-21(7-5-20)11-15-17-18-16(23-15)14-3-2-8-22-14/h2-3,8-9H,4-7,10-11H2,1H3. The molecule has 0 spiro atoms. The zero-order chi connectivity index (χ0) is 16.4. The maximum absolute atomic E-state index is 5.66. The van der Waals surface area contributed by atoms with E-state index in [-0.39, 0.29) is 0 Å². The Labute approximate surface area is 139 Å². The van der Waals surface area contributed by atoms with Gasteiger partial charge >= 0.3 is 0 Å². The number of hydrogen-bond donors (Lipinski definition) is 0. The van der Waals surface area contributed by atoms with E-state index in [4.69, 9.17) is 13.4 Å². The Hall–Kier alpha value is -2.45. The van der Waals surface area contributed by atoms with Crippen LogP contribution >= 0.6 is 0 Å². The molecule has 0 unspecified atom stereocenters. The zero-order valence-corrected chi connectivity index (χ0v) is 13.5. The van der Waals surface area contributed by atoms with Gasteiger partial charge in [0.25, 0.3) is 5.89 Å². The van der Waals surface area contributed by atoms with Crippen LogP contribution in [0.2, 0.25) is 0 Å². The summed E-state index contributed by atoms with van der Waals surface area (Å²) < 4.78 is 16.0. The van der Waals surface area contributed by atoms with Gasteiger partial charge in [0.1, 0.15) is 5.76 Å². The van der Waals surface area contributed by atoms with Crippen molar-refractivity contribution in [3.63, 3.8) is 0 Å². The highest BCUT2D eigenvalue weighted by Gasteiger charge is 2.20. The minimum Gasteiger partial charge on any atom is -0.459 e. The van der Waals surface area contributed by atoms with Gasteiger partial charge in [0.15, 0.2) is 5.76 Å². The molecule has 126 valence electrons. The Bertz CT molecular complexity index is 771. The molecule has 0 atom stereocenters. The van der Waals surface area contributed by atoms with Crippen molar-refractivity contribution in [2.75, 3.05) is 26.2 Å². The molecular formula is C16H19N5O3. The van der Waals surface area contributed by atoms with Crippen molar-refractivity contribution in [3.8, 4) is 11.7 Å². The first kappa shape index (κ1) is 15.1. The van der Waals surface area contributed by atoms with Crippen molar-refractivity contribution in [3.05, 3.63) is 41.8 Å². The summed E-state index contributed by atoms with van der Waals surface area (Å²) >= 11 is 0. The molecule has 0 aliphatic carbocycles. The predicted octanol–water partition coefficient (Wildman–Crippen LogP) is 1.94. The summed E-state index contributed by atoms with van der Waals surface area (Å²) in [5.74, 6) is 2.49. The first-order valence-corrected chi connectivity index (χ1v) is 7.99. The van der Waals surface area contributed by atoms with Crippen LogP contribution in [0.25, 0.3) is 11.7 Å². The second-order valence-corrected chi connectivity index (χ2v) is 5.96. The molecule has 3 aromatic rings. The van der Waals surface area contributed by atoms with Gasteiger partial charge in [-0.05, 0) is 19.1 Å². The highest BCUT2D eigenvalue weighted by molar-refractivity contribution is 5.42. The van der Waals surface area contributed by atoms with Gasteiger partial charge in [-0.15, -0.1) is 10.2 Å². The fourth-order valence-electron chi connectivity index (χ4n) is 2.84. The van der Waals surface area contributed by atoms with Crippen LogP contribution in [0, 0.1) is 6.92 Å². The number of rotatable bonds is 5. The van der Waals surface area contributed by atoms with Gasteiger partial charge in [0, 0.05) is 38.8 Å². The van der Waals surface area contributed by atoms with Gasteiger partial charge in [-0.3, -0.25) is 9.80 Å². The summed E-state index contributed by atoms with van der Waals surface area (Å²) in [7, 11) is 0. The number of piperazine rings is 1. The first-order chi connectivity index (χ1) is 11.8. The molecule has 0 amide bonds. The smallest absolute Gasteiger partial charge is 0.283 e. The summed E-state index contributed by atoms with van der Waals surface area (Å²) in [6.45, 7) is 7.26. The molecule has 0 saturated carbocycles. The van der Waals surface area contributed by atoms with Crippen molar-refractivity contribution in [1.29, 1.82) is 0 Å². The first-order valence-electron chi connectivity index (χ1n) is 7.99. The van der Waals surface area contributed by atoms with Crippen molar-refractivity contribution in [2.45, 2.75) is 20.0 Å². The summed E-state index contributed by atoms with van der Waals surface area (Å²) in [6.07, 6.45) is 1.59. The van der Waals surface area contributed by atoms with Crippen LogP contribution in [0.15, 0.2) is 37.8 Å². The van der Waals surface area contributed by atoms with E-state index in [1.807, 2.05) is 19.1 Å². The maximum Gasteiger partial charge on any atom is 0.283 e. The third kappa shape index (κ3) is 3.39. The average molecular weight is 329 g/mol. The van der Waals surface area contributed by atoms with Crippen LogP contribution in [0.4, 0.5) is 0 Å². The Morgan fingerprint density at radius 2 is 1.88 bits per heavy atom. The molecule has 4 rings (SSSR count). The topological polar surface area (TPSA) is 84.6 Å². The Kier molecular flexibility index (Phi) is 4.14. The van der Waals surface area contributed by atoms with E-state index in [0.717, 1.165) is 44.2 Å². The van der Waals surface area contributed by atoms with E-state index in [0.29, 0.717) is 24.1 Å². The predicted molar refractivity (Wildman–Crippen MR) is 83.8 cm³/mol. The molecule has 4 heterocycles. The number of furan rings is 1. The summed E-state index contributed by atoms with van der Waals surface area (Å²) in [5, 5.41) is 12.2. The molecule has 8 nitrogen and oxygen atoms in total. The fourth-order valence-corrected chi connectivity index (χ4v) is 2.84. The summed E-state index contributed by atoms with van der Waals surface area (Å²) in [5.41, 5.74) is 0.987. The van der Waals surface area contributed by atoms with E-state index in [9.17, 15) is 0 Å². The monoisotopic (exact) mass is 329 g/mol. The summed E-state index contributed by atoms with van der Waals surface area (Å²) in [4.78, 5) is 4.68. The molecule has 1 aliphatic heterocycles. The Balaban J connectivity index is 1.29.